The van der Waals surface area contributed by atoms with Crippen molar-refractivity contribution in [3.05, 3.63) is 17.6 Å². The van der Waals surface area contributed by atoms with Crippen molar-refractivity contribution in [3.63, 3.8) is 0 Å². The number of likely N-dealkylation sites (N-methyl/N-ethyl adjacent to an activating group) is 1. The molecule has 0 unspecified atom stereocenters. The summed E-state index contributed by atoms with van der Waals surface area (Å²) in [6.45, 7) is 5.16. The Labute approximate surface area is 97.0 Å². The van der Waals surface area contributed by atoms with Crippen LogP contribution in [0.4, 0.5) is 5.82 Å². The molecule has 0 radical (unpaired) electrons. The summed E-state index contributed by atoms with van der Waals surface area (Å²) in [4.78, 5) is 11.0. The topological polar surface area (TPSA) is 67.1 Å². The SMILES string of the molecule is CC(C)c1cc(NN)nc(CCN(C)C)n1. The van der Waals surface area contributed by atoms with Gasteiger partial charge in [0.25, 0.3) is 0 Å². The maximum Gasteiger partial charge on any atom is 0.143 e. The van der Waals surface area contributed by atoms with Crippen LogP contribution in [-0.2, 0) is 6.42 Å². The first-order chi connectivity index (χ1) is 7.52. The van der Waals surface area contributed by atoms with Gasteiger partial charge >= 0.3 is 0 Å². The Morgan fingerprint density at radius 1 is 1.38 bits per heavy atom. The number of hydrazine groups is 1. The molecule has 0 aliphatic heterocycles. The number of hydrogen-bond acceptors (Lipinski definition) is 5. The molecule has 5 heteroatoms. The lowest BCUT2D eigenvalue weighted by Gasteiger charge is -2.12. The minimum atomic E-state index is 0.383. The Hall–Kier alpha value is -1.20. The van der Waals surface area contributed by atoms with Crippen molar-refractivity contribution >= 4 is 5.82 Å². The second-order valence-corrected chi connectivity index (χ2v) is 4.45. The molecule has 0 fully saturated rings. The molecule has 3 N–H and O–H groups in total. The predicted molar refractivity (Wildman–Crippen MR) is 66.2 cm³/mol. The van der Waals surface area contributed by atoms with Crippen LogP contribution in [0, 0.1) is 0 Å². The van der Waals surface area contributed by atoms with E-state index in [1.807, 2.05) is 20.2 Å². The van der Waals surface area contributed by atoms with E-state index in [1.165, 1.54) is 0 Å². The molecule has 0 amide bonds. The number of hydrogen-bond donors (Lipinski definition) is 2. The highest BCUT2D eigenvalue weighted by molar-refractivity contribution is 5.35. The van der Waals surface area contributed by atoms with Gasteiger partial charge in [-0.25, -0.2) is 15.8 Å². The van der Waals surface area contributed by atoms with E-state index in [0.717, 1.165) is 24.5 Å². The average molecular weight is 223 g/mol. The van der Waals surface area contributed by atoms with Crippen LogP contribution in [0.1, 0.15) is 31.3 Å². The lowest BCUT2D eigenvalue weighted by Crippen LogP contribution is -2.18. The van der Waals surface area contributed by atoms with Gasteiger partial charge in [0, 0.05) is 24.7 Å². The molecule has 1 aromatic rings. The van der Waals surface area contributed by atoms with Crippen LogP contribution in [0.15, 0.2) is 6.07 Å². The molecule has 1 rings (SSSR count). The summed E-state index contributed by atoms with van der Waals surface area (Å²) in [5.74, 6) is 7.30. The van der Waals surface area contributed by atoms with Gasteiger partial charge in [0.1, 0.15) is 11.6 Å². The third-order valence-electron chi connectivity index (χ3n) is 2.31. The van der Waals surface area contributed by atoms with Crippen LogP contribution in [0.3, 0.4) is 0 Å². The van der Waals surface area contributed by atoms with Crippen LogP contribution < -0.4 is 11.3 Å². The molecule has 1 heterocycles. The highest BCUT2D eigenvalue weighted by Crippen LogP contribution is 2.15. The standard InChI is InChI=1S/C11H21N5/c1-8(2)9-7-11(15-12)14-10(13-9)5-6-16(3)4/h7-8H,5-6,12H2,1-4H3,(H,13,14,15). The van der Waals surface area contributed by atoms with Gasteiger partial charge in [0.05, 0.1) is 0 Å². The second-order valence-electron chi connectivity index (χ2n) is 4.45. The van der Waals surface area contributed by atoms with Crippen molar-refractivity contribution in [2.45, 2.75) is 26.2 Å². The number of nitrogen functional groups attached to an aromatic ring is 1. The summed E-state index contributed by atoms with van der Waals surface area (Å²) in [6, 6.07) is 1.89. The van der Waals surface area contributed by atoms with Gasteiger partial charge in [-0.3, -0.25) is 0 Å². The van der Waals surface area contributed by atoms with E-state index in [9.17, 15) is 0 Å². The van der Waals surface area contributed by atoms with E-state index in [0.29, 0.717) is 11.7 Å². The Balaban J connectivity index is 2.86. The van der Waals surface area contributed by atoms with Crippen molar-refractivity contribution in [1.82, 2.24) is 14.9 Å². The first-order valence-electron chi connectivity index (χ1n) is 5.52. The summed E-state index contributed by atoms with van der Waals surface area (Å²) in [7, 11) is 4.07. The van der Waals surface area contributed by atoms with Crippen molar-refractivity contribution in [1.29, 1.82) is 0 Å². The first kappa shape index (κ1) is 12.9. The monoisotopic (exact) mass is 223 g/mol. The van der Waals surface area contributed by atoms with E-state index >= 15 is 0 Å². The number of nitrogens with zero attached hydrogens (tertiary/aromatic N) is 3. The fourth-order valence-electron chi connectivity index (χ4n) is 1.32. The smallest absolute Gasteiger partial charge is 0.143 e. The largest absolute Gasteiger partial charge is 0.309 e. The fourth-order valence-corrected chi connectivity index (χ4v) is 1.32. The molecule has 0 aliphatic carbocycles. The Morgan fingerprint density at radius 2 is 2.06 bits per heavy atom. The molecule has 5 nitrogen and oxygen atoms in total. The van der Waals surface area contributed by atoms with Crippen LogP contribution in [0.2, 0.25) is 0 Å². The quantitative estimate of drug-likeness (QED) is 0.575. The van der Waals surface area contributed by atoms with Gasteiger partial charge in [-0.1, -0.05) is 13.8 Å². The van der Waals surface area contributed by atoms with Gasteiger partial charge < -0.3 is 10.3 Å². The number of rotatable bonds is 5. The van der Waals surface area contributed by atoms with Crippen LogP contribution in [-0.4, -0.2) is 35.5 Å². The molecule has 90 valence electrons. The molecule has 1 aromatic heterocycles. The molecule has 0 bridgehead atoms. The number of nitrogens with two attached hydrogens (primary N) is 1. The minimum absolute atomic E-state index is 0.383. The Bertz CT molecular complexity index is 335. The summed E-state index contributed by atoms with van der Waals surface area (Å²) in [6.07, 6.45) is 0.836. The lowest BCUT2D eigenvalue weighted by atomic mass is 10.1. The summed E-state index contributed by atoms with van der Waals surface area (Å²) in [5.41, 5.74) is 3.61. The highest BCUT2D eigenvalue weighted by Gasteiger charge is 2.07. The summed E-state index contributed by atoms with van der Waals surface area (Å²) < 4.78 is 0. The molecule has 16 heavy (non-hydrogen) atoms. The van der Waals surface area contributed by atoms with Crippen LogP contribution >= 0.6 is 0 Å². The van der Waals surface area contributed by atoms with Crippen molar-refractivity contribution < 1.29 is 0 Å². The van der Waals surface area contributed by atoms with Crippen LogP contribution in [0.25, 0.3) is 0 Å². The Morgan fingerprint density at radius 3 is 2.56 bits per heavy atom. The number of anilines is 1. The van der Waals surface area contributed by atoms with E-state index < -0.39 is 0 Å². The van der Waals surface area contributed by atoms with Crippen molar-refractivity contribution in [2.24, 2.45) is 5.84 Å². The molecule has 0 saturated heterocycles. The van der Waals surface area contributed by atoms with Crippen molar-refractivity contribution in [3.8, 4) is 0 Å². The predicted octanol–water partition coefficient (Wildman–Crippen LogP) is 0.990. The third kappa shape index (κ3) is 3.75. The highest BCUT2D eigenvalue weighted by atomic mass is 15.3. The number of aromatic nitrogens is 2. The molecular weight excluding hydrogens is 202 g/mol. The fraction of sp³-hybridized carbons (Fsp3) is 0.636. The molecular formula is C11H21N5. The molecule has 0 aliphatic rings. The lowest BCUT2D eigenvalue weighted by molar-refractivity contribution is 0.409. The zero-order valence-corrected chi connectivity index (χ0v) is 10.5. The van der Waals surface area contributed by atoms with Gasteiger partial charge in [-0.2, -0.15) is 0 Å². The van der Waals surface area contributed by atoms with Crippen LogP contribution in [0.5, 0.6) is 0 Å². The maximum absolute atomic E-state index is 5.39. The zero-order valence-electron chi connectivity index (χ0n) is 10.5. The van der Waals surface area contributed by atoms with Gasteiger partial charge in [-0.15, -0.1) is 0 Å². The van der Waals surface area contributed by atoms with Gasteiger partial charge in [-0.05, 0) is 20.0 Å². The summed E-state index contributed by atoms with van der Waals surface area (Å²) in [5, 5.41) is 0. The molecule has 0 atom stereocenters. The van der Waals surface area contributed by atoms with Crippen molar-refractivity contribution in [2.75, 3.05) is 26.1 Å². The average Bonchev–Trinajstić information content (AvgIpc) is 2.25. The van der Waals surface area contributed by atoms with E-state index in [4.69, 9.17) is 5.84 Å². The molecule has 0 spiro atoms. The Kier molecular flexibility index (Phi) is 4.64. The second kappa shape index (κ2) is 5.77. The molecule has 0 aromatic carbocycles. The maximum atomic E-state index is 5.39. The zero-order chi connectivity index (χ0) is 12.1. The van der Waals surface area contributed by atoms with Gasteiger partial charge in [0.2, 0.25) is 0 Å². The van der Waals surface area contributed by atoms with E-state index in [2.05, 4.69) is 34.1 Å². The molecule has 0 saturated carbocycles. The first-order valence-corrected chi connectivity index (χ1v) is 5.52. The third-order valence-corrected chi connectivity index (χ3v) is 2.31. The summed E-state index contributed by atoms with van der Waals surface area (Å²) >= 11 is 0. The minimum Gasteiger partial charge on any atom is -0.309 e. The normalized spacial score (nSPS) is 11.2. The van der Waals surface area contributed by atoms with E-state index in [1.54, 1.807) is 0 Å². The number of nitrogens with one attached hydrogen (secondary N) is 1. The van der Waals surface area contributed by atoms with E-state index in [-0.39, 0.29) is 0 Å². The van der Waals surface area contributed by atoms with Gasteiger partial charge in [0.15, 0.2) is 0 Å².